The third-order valence-electron chi connectivity index (χ3n) is 5.90. The van der Waals surface area contributed by atoms with Gasteiger partial charge in [-0.15, -0.1) is 0 Å². The number of anilines is 1. The smallest absolute Gasteiger partial charge is 0.278 e. The molecule has 0 radical (unpaired) electrons. The Bertz CT molecular complexity index is 1320. The number of hydrogen-bond acceptors (Lipinski definition) is 5. The maximum atomic E-state index is 14.3. The Morgan fingerprint density at radius 1 is 0.853 bits per heavy atom. The number of nitrogens with one attached hydrogen (secondary N) is 1. The fraction of sp³-hybridized carbons (Fsp3) is 0.185. The fourth-order valence-corrected chi connectivity index (χ4v) is 3.86. The first-order valence-electron chi connectivity index (χ1n) is 10.7. The summed E-state index contributed by atoms with van der Waals surface area (Å²) in [5, 5.41) is 3.10. The molecule has 1 N–H and O–H groups in total. The molecule has 0 fully saturated rings. The maximum Gasteiger partial charge on any atom is 0.278 e. The minimum Gasteiger partial charge on any atom is -0.493 e. The molecule has 34 heavy (non-hydrogen) atoms. The highest BCUT2D eigenvalue weighted by Crippen LogP contribution is 2.35. The molecule has 0 bridgehead atoms. The van der Waals surface area contributed by atoms with Crippen molar-refractivity contribution in [2.75, 3.05) is 19.5 Å². The van der Waals surface area contributed by atoms with Gasteiger partial charge in [0.05, 0.1) is 26.3 Å². The highest BCUT2D eigenvalue weighted by Gasteiger charge is 2.39. The molecule has 1 aliphatic rings. The number of carbonyl (C=O) groups excluding carboxylic acids is 2. The SMILES string of the molecule is COc1ccc(NC2=C(c3ccc(C)c(C)c3)C(=O)N(Cc3ccccc3F)C2=O)cc1OC. The second-order valence-electron chi connectivity index (χ2n) is 8.03. The highest BCUT2D eigenvalue weighted by atomic mass is 19.1. The summed E-state index contributed by atoms with van der Waals surface area (Å²) in [4.78, 5) is 28.0. The Balaban J connectivity index is 1.78. The van der Waals surface area contributed by atoms with Crippen LogP contribution >= 0.6 is 0 Å². The zero-order valence-corrected chi connectivity index (χ0v) is 19.4. The molecule has 1 heterocycles. The number of rotatable bonds is 7. The first kappa shape index (κ1) is 23.0. The van der Waals surface area contributed by atoms with E-state index < -0.39 is 17.6 Å². The third-order valence-corrected chi connectivity index (χ3v) is 5.90. The minimum absolute atomic E-state index is 0.122. The second kappa shape index (κ2) is 9.39. The summed E-state index contributed by atoms with van der Waals surface area (Å²) in [5.41, 5.74) is 3.83. The van der Waals surface area contributed by atoms with Crippen LogP contribution in [0.15, 0.2) is 66.4 Å². The van der Waals surface area contributed by atoms with Gasteiger partial charge >= 0.3 is 0 Å². The lowest BCUT2D eigenvalue weighted by Crippen LogP contribution is -2.32. The van der Waals surface area contributed by atoms with Crippen LogP contribution in [0.3, 0.4) is 0 Å². The normalized spacial score (nSPS) is 13.5. The summed E-state index contributed by atoms with van der Waals surface area (Å²) in [6, 6.07) is 16.8. The van der Waals surface area contributed by atoms with Gasteiger partial charge in [-0.2, -0.15) is 0 Å². The Labute approximate surface area is 197 Å². The number of hydrogen-bond donors (Lipinski definition) is 1. The van der Waals surface area contributed by atoms with Crippen LogP contribution in [0.4, 0.5) is 10.1 Å². The number of halogens is 1. The molecule has 3 aromatic rings. The third kappa shape index (κ3) is 4.24. The molecule has 0 atom stereocenters. The number of nitrogens with zero attached hydrogens (tertiary/aromatic N) is 1. The second-order valence-corrected chi connectivity index (χ2v) is 8.03. The van der Waals surface area contributed by atoms with Crippen LogP contribution < -0.4 is 14.8 Å². The van der Waals surface area contributed by atoms with Crippen LogP contribution in [0.5, 0.6) is 11.5 Å². The molecule has 0 saturated carbocycles. The number of carbonyl (C=O) groups is 2. The highest BCUT2D eigenvalue weighted by molar-refractivity contribution is 6.36. The van der Waals surface area contributed by atoms with Crippen LogP contribution in [0.1, 0.15) is 22.3 Å². The fourth-order valence-electron chi connectivity index (χ4n) is 3.86. The van der Waals surface area contributed by atoms with E-state index in [0.717, 1.165) is 16.0 Å². The van der Waals surface area contributed by atoms with Crippen molar-refractivity contribution in [1.29, 1.82) is 0 Å². The van der Waals surface area contributed by atoms with Crippen LogP contribution in [-0.4, -0.2) is 30.9 Å². The van der Waals surface area contributed by atoms with Crippen LogP contribution in [0.25, 0.3) is 5.57 Å². The number of methoxy groups -OCH3 is 2. The van der Waals surface area contributed by atoms with E-state index in [0.29, 0.717) is 22.7 Å². The number of benzene rings is 3. The van der Waals surface area contributed by atoms with Crippen molar-refractivity contribution in [2.45, 2.75) is 20.4 Å². The van der Waals surface area contributed by atoms with E-state index in [2.05, 4.69) is 5.32 Å². The number of amides is 2. The van der Waals surface area contributed by atoms with E-state index in [9.17, 15) is 14.0 Å². The number of imide groups is 1. The van der Waals surface area contributed by atoms with Gasteiger partial charge in [-0.1, -0.05) is 36.4 Å². The Morgan fingerprint density at radius 3 is 2.26 bits per heavy atom. The Morgan fingerprint density at radius 2 is 1.59 bits per heavy atom. The van der Waals surface area contributed by atoms with E-state index >= 15 is 0 Å². The summed E-state index contributed by atoms with van der Waals surface area (Å²) in [6.07, 6.45) is 0. The van der Waals surface area contributed by atoms with Crippen molar-refractivity contribution in [1.82, 2.24) is 4.90 Å². The molecule has 7 heteroatoms. The van der Waals surface area contributed by atoms with E-state index in [1.807, 2.05) is 32.0 Å². The lowest BCUT2D eigenvalue weighted by Gasteiger charge is -2.16. The first-order valence-corrected chi connectivity index (χ1v) is 10.7. The lowest BCUT2D eigenvalue weighted by atomic mass is 9.99. The predicted molar refractivity (Wildman–Crippen MR) is 128 cm³/mol. The van der Waals surface area contributed by atoms with Gasteiger partial charge in [0.15, 0.2) is 11.5 Å². The van der Waals surface area contributed by atoms with Crippen LogP contribution in [0.2, 0.25) is 0 Å². The molecule has 174 valence electrons. The molecule has 0 aromatic heterocycles. The standard InChI is InChI=1S/C27H25FN2O4/c1-16-9-10-18(13-17(16)2)24-25(29-20-11-12-22(33-3)23(14-20)34-4)27(32)30(26(24)31)15-19-7-5-6-8-21(19)28/h5-14,29H,15H2,1-4H3. The maximum absolute atomic E-state index is 14.3. The van der Waals surface area contributed by atoms with Gasteiger partial charge in [0.25, 0.3) is 11.8 Å². The summed E-state index contributed by atoms with van der Waals surface area (Å²) in [5.74, 6) is -0.486. The van der Waals surface area contributed by atoms with Crippen molar-refractivity contribution in [3.8, 4) is 11.5 Å². The Kier molecular flexibility index (Phi) is 6.36. The van der Waals surface area contributed by atoms with Crippen molar-refractivity contribution in [3.05, 3.63) is 94.4 Å². The molecule has 6 nitrogen and oxygen atoms in total. The zero-order valence-electron chi connectivity index (χ0n) is 19.4. The topological polar surface area (TPSA) is 67.9 Å². The lowest BCUT2D eigenvalue weighted by molar-refractivity contribution is -0.137. The monoisotopic (exact) mass is 460 g/mol. The van der Waals surface area contributed by atoms with Crippen molar-refractivity contribution in [3.63, 3.8) is 0 Å². The van der Waals surface area contributed by atoms with Gasteiger partial charge in [0.1, 0.15) is 11.5 Å². The number of aryl methyl sites for hydroxylation is 2. The Hall–Kier alpha value is -4.13. The predicted octanol–water partition coefficient (Wildman–Crippen LogP) is 4.85. The quantitative estimate of drug-likeness (QED) is 0.511. The molecule has 0 spiro atoms. The van der Waals surface area contributed by atoms with Crippen molar-refractivity contribution >= 4 is 23.1 Å². The molecular formula is C27H25FN2O4. The van der Waals surface area contributed by atoms with E-state index in [1.165, 1.54) is 20.3 Å². The van der Waals surface area contributed by atoms with E-state index in [4.69, 9.17) is 9.47 Å². The van der Waals surface area contributed by atoms with Gasteiger partial charge in [-0.3, -0.25) is 14.5 Å². The molecule has 0 aliphatic carbocycles. The number of ether oxygens (including phenoxy) is 2. The summed E-state index contributed by atoms with van der Waals surface area (Å²) in [7, 11) is 3.05. The molecule has 1 aliphatic heterocycles. The van der Waals surface area contributed by atoms with Gasteiger partial charge in [0, 0.05) is 17.3 Å². The molecule has 2 amide bonds. The average Bonchev–Trinajstić information content (AvgIpc) is 3.06. The van der Waals surface area contributed by atoms with E-state index in [1.54, 1.807) is 36.4 Å². The first-order chi connectivity index (χ1) is 16.3. The van der Waals surface area contributed by atoms with Crippen molar-refractivity contribution < 1.29 is 23.5 Å². The average molecular weight is 461 g/mol. The molecule has 0 saturated heterocycles. The van der Waals surface area contributed by atoms with Crippen LogP contribution in [-0.2, 0) is 16.1 Å². The molecular weight excluding hydrogens is 435 g/mol. The van der Waals surface area contributed by atoms with Crippen molar-refractivity contribution in [2.24, 2.45) is 0 Å². The molecule has 4 rings (SSSR count). The molecule has 0 unspecified atom stereocenters. The summed E-state index contributed by atoms with van der Waals surface area (Å²) in [6.45, 7) is 3.75. The largest absolute Gasteiger partial charge is 0.493 e. The van der Waals surface area contributed by atoms with Gasteiger partial charge in [-0.05, 0) is 48.7 Å². The molecule has 3 aromatic carbocycles. The van der Waals surface area contributed by atoms with Gasteiger partial charge < -0.3 is 14.8 Å². The van der Waals surface area contributed by atoms with Crippen LogP contribution in [0, 0.1) is 19.7 Å². The summed E-state index contributed by atoms with van der Waals surface area (Å²) >= 11 is 0. The van der Waals surface area contributed by atoms with Gasteiger partial charge in [-0.25, -0.2) is 4.39 Å². The zero-order chi connectivity index (χ0) is 24.4. The summed E-state index contributed by atoms with van der Waals surface area (Å²) < 4.78 is 24.9. The van der Waals surface area contributed by atoms with Gasteiger partial charge in [0.2, 0.25) is 0 Å². The minimum atomic E-state index is -0.531. The van der Waals surface area contributed by atoms with E-state index in [-0.39, 0.29) is 23.4 Å².